The molecule has 0 saturated carbocycles. The Balaban J connectivity index is 3.32. The molecule has 2 unspecified atom stereocenters. The molecule has 0 heterocycles. The van der Waals surface area contributed by atoms with Crippen LogP contribution in [0.15, 0.2) is 36.5 Å². The van der Waals surface area contributed by atoms with E-state index in [1.165, 1.54) is 270 Å². The smallest absolute Gasteiger partial charge is 0.305 e. The SMILES string of the molecule is CCCCC/C=C\C/C=C\CCCCCCCCCCCC(=O)OCCCCCCCCCCCCCCCCCCCCCCCCCCCCCC(=O)NC(CO)C(O)/C=C/CCCCCCCCC. The van der Waals surface area contributed by atoms with E-state index in [-0.39, 0.29) is 18.5 Å². The van der Waals surface area contributed by atoms with E-state index in [1.807, 2.05) is 6.08 Å². The predicted octanol–water partition coefficient (Wildman–Crippen LogP) is 20.4. The number of carbonyl (C=O) groups is 2. The van der Waals surface area contributed by atoms with Gasteiger partial charge in [0.1, 0.15) is 0 Å². The van der Waals surface area contributed by atoms with Crippen LogP contribution >= 0.6 is 0 Å². The van der Waals surface area contributed by atoms with Gasteiger partial charge in [-0.25, -0.2) is 0 Å². The third-order valence-corrected chi connectivity index (χ3v) is 14.9. The third-order valence-electron chi connectivity index (χ3n) is 14.9. The molecule has 0 aliphatic rings. The van der Waals surface area contributed by atoms with Crippen molar-refractivity contribution < 1.29 is 24.5 Å². The first kappa shape index (κ1) is 70.1. The van der Waals surface area contributed by atoms with Crippen molar-refractivity contribution in [3.05, 3.63) is 36.5 Å². The number of esters is 1. The van der Waals surface area contributed by atoms with Gasteiger partial charge in [-0.3, -0.25) is 9.59 Å². The van der Waals surface area contributed by atoms with Crippen LogP contribution in [-0.4, -0.2) is 47.4 Å². The predicted molar refractivity (Wildman–Crippen MR) is 315 cm³/mol. The lowest BCUT2D eigenvalue weighted by atomic mass is 10.0. The van der Waals surface area contributed by atoms with E-state index in [1.54, 1.807) is 6.08 Å². The zero-order valence-corrected chi connectivity index (χ0v) is 48.4. The number of aliphatic hydroxyl groups excluding tert-OH is 2. The lowest BCUT2D eigenvalue weighted by Gasteiger charge is -2.20. The van der Waals surface area contributed by atoms with Crippen LogP contribution in [0.3, 0.4) is 0 Å². The molecule has 2 atom stereocenters. The molecule has 0 radical (unpaired) electrons. The molecule has 0 aromatic heterocycles. The van der Waals surface area contributed by atoms with E-state index in [9.17, 15) is 19.8 Å². The molecular weight excluding hydrogens is 887 g/mol. The zero-order valence-electron chi connectivity index (χ0n) is 48.4. The second-order valence-corrected chi connectivity index (χ2v) is 22.1. The maximum atomic E-state index is 12.4. The second kappa shape index (κ2) is 61.6. The Morgan fingerprint density at radius 2 is 0.694 bits per heavy atom. The van der Waals surface area contributed by atoms with Gasteiger partial charge in [-0.15, -0.1) is 0 Å². The maximum absolute atomic E-state index is 12.4. The molecule has 6 nitrogen and oxygen atoms in total. The van der Waals surface area contributed by atoms with Gasteiger partial charge in [0.25, 0.3) is 0 Å². The van der Waals surface area contributed by atoms with Crippen LogP contribution in [0.1, 0.15) is 348 Å². The maximum Gasteiger partial charge on any atom is 0.305 e. The van der Waals surface area contributed by atoms with Gasteiger partial charge in [-0.05, 0) is 64.2 Å². The van der Waals surface area contributed by atoms with E-state index in [0.29, 0.717) is 19.4 Å². The first-order valence-corrected chi connectivity index (χ1v) is 32.3. The average Bonchev–Trinajstić information content (AvgIpc) is 3.38. The summed E-state index contributed by atoms with van der Waals surface area (Å²) < 4.78 is 5.50. The zero-order chi connectivity index (χ0) is 52.2. The number of hydrogen-bond donors (Lipinski definition) is 3. The van der Waals surface area contributed by atoms with Crippen molar-refractivity contribution in [1.82, 2.24) is 5.32 Å². The van der Waals surface area contributed by atoms with Crippen LogP contribution in [0.25, 0.3) is 0 Å². The van der Waals surface area contributed by atoms with E-state index < -0.39 is 12.1 Å². The topological polar surface area (TPSA) is 95.9 Å². The number of allylic oxidation sites excluding steroid dienone is 5. The molecule has 0 saturated heterocycles. The Labute approximate surface area is 449 Å². The van der Waals surface area contributed by atoms with E-state index in [4.69, 9.17) is 4.74 Å². The molecule has 0 rings (SSSR count). The molecule has 0 spiro atoms. The van der Waals surface area contributed by atoms with Gasteiger partial charge in [0.2, 0.25) is 5.91 Å². The highest BCUT2D eigenvalue weighted by Crippen LogP contribution is 2.18. The van der Waals surface area contributed by atoms with Crippen LogP contribution in [0.5, 0.6) is 0 Å². The fourth-order valence-electron chi connectivity index (χ4n) is 9.96. The minimum absolute atomic E-state index is 0.0139. The summed E-state index contributed by atoms with van der Waals surface area (Å²) in [6.45, 7) is 4.87. The fraction of sp³-hybridized carbons (Fsp3) is 0.879. The van der Waals surface area contributed by atoms with Crippen molar-refractivity contribution in [2.75, 3.05) is 13.2 Å². The Morgan fingerprint density at radius 1 is 0.389 bits per heavy atom. The largest absolute Gasteiger partial charge is 0.466 e. The normalized spacial score (nSPS) is 12.8. The van der Waals surface area contributed by atoms with Gasteiger partial charge >= 0.3 is 5.97 Å². The number of hydrogen-bond acceptors (Lipinski definition) is 5. The second-order valence-electron chi connectivity index (χ2n) is 22.1. The Morgan fingerprint density at radius 3 is 1.08 bits per heavy atom. The molecular formula is C66H125NO5. The lowest BCUT2D eigenvalue weighted by molar-refractivity contribution is -0.143. The highest BCUT2D eigenvalue weighted by Gasteiger charge is 2.18. The minimum Gasteiger partial charge on any atom is -0.466 e. The Hall–Kier alpha value is -1.92. The van der Waals surface area contributed by atoms with Crippen LogP contribution in [0, 0.1) is 0 Å². The summed E-state index contributed by atoms with van der Waals surface area (Å²) in [5.74, 6) is -0.0534. The molecule has 6 heteroatoms. The summed E-state index contributed by atoms with van der Waals surface area (Å²) in [7, 11) is 0. The van der Waals surface area contributed by atoms with Gasteiger partial charge in [0.15, 0.2) is 0 Å². The Kier molecular flexibility index (Phi) is 60.0. The van der Waals surface area contributed by atoms with Crippen LogP contribution in [0.2, 0.25) is 0 Å². The number of aliphatic hydroxyl groups is 2. The van der Waals surface area contributed by atoms with Gasteiger partial charge in [0.05, 0.1) is 25.4 Å². The molecule has 0 aliphatic heterocycles. The van der Waals surface area contributed by atoms with Crippen molar-refractivity contribution in [3.63, 3.8) is 0 Å². The molecule has 0 fully saturated rings. The van der Waals surface area contributed by atoms with Crippen LogP contribution in [-0.2, 0) is 14.3 Å². The van der Waals surface area contributed by atoms with Crippen molar-refractivity contribution in [2.45, 2.75) is 360 Å². The molecule has 0 aromatic rings. The Bertz CT molecular complexity index is 1170. The highest BCUT2D eigenvalue weighted by atomic mass is 16.5. The molecule has 424 valence electrons. The van der Waals surface area contributed by atoms with Crippen molar-refractivity contribution >= 4 is 11.9 Å². The summed E-state index contributed by atoms with van der Waals surface area (Å²) in [6.07, 6.45) is 77.9. The number of nitrogens with one attached hydrogen (secondary N) is 1. The lowest BCUT2D eigenvalue weighted by Crippen LogP contribution is -2.45. The summed E-state index contributed by atoms with van der Waals surface area (Å²) in [5, 5.41) is 23.0. The standard InChI is InChI=1S/C66H125NO5/c1-3-5-7-9-11-13-14-15-16-17-27-31-34-37-40-44-48-52-56-60-66(71)72-61-57-53-49-45-41-38-35-32-29-26-24-22-20-18-19-21-23-25-28-30-33-36-39-43-47-51-55-59-65(70)67-63(62-68)64(69)58-54-50-46-42-12-10-8-6-4-2/h11,13,15-16,54,58,63-64,68-69H,3-10,12,14,17-53,55-57,59-62H2,1-2H3,(H,67,70)/b13-11-,16-15-,58-54+. The van der Waals surface area contributed by atoms with Gasteiger partial charge in [0, 0.05) is 12.8 Å². The van der Waals surface area contributed by atoms with Gasteiger partial charge in [-0.1, -0.05) is 307 Å². The molecule has 1 amide bonds. The molecule has 3 N–H and O–H groups in total. The highest BCUT2D eigenvalue weighted by molar-refractivity contribution is 5.76. The number of carbonyl (C=O) groups excluding carboxylic acids is 2. The fourth-order valence-corrected chi connectivity index (χ4v) is 9.96. The molecule has 0 aliphatic carbocycles. The van der Waals surface area contributed by atoms with Crippen LogP contribution < -0.4 is 5.32 Å². The van der Waals surface area contributed by atoms with Crippen molar-refractivity contribution in [1.29, 1.82) is 0 Å². The first-order valence-electron chi connectivity index (χ1n) is 32.3. The summed E-state index contributed by atoms with van der Waals surface area (Å²) >= 11 is 0. The number of rotatable bonds is 60. The van der Waals surface area contributed by atoms with E-state index in [2.05, 4.69) is 43.5 Å². The van der Waals surface area contributed by atoms with E-state index >= 15 is 0 Å². The van der Waals surface area contributed by atoms with Gasteiger partial charge in [-0.2, -0.15) is 0 Å². The van der Waals surface area contributed by atoms with E-state index in [0.717, 1.165) is 51.4 Å². The monoisotopic (exact) mass is 1010 g/mol. The van der Waals surface area contributed by atoms with Crippen molar-refractivity contribution in [3.8, 4) is 0 Å². The van der Waals surface area contributed by atoms with Gasteiger partial charge < -0.3 is 20.3 Å². The molecule has 0 aromatic carbocycles. The third kappa shape index (κ3) is 57.4. The molecule has 0 bridgehead atoms. The number of amides is 1. The molecule has 72 heavy (non-hydrogen) atoms. The van der Waals surface area contributed by atoms with Crippen LogP contribution in [0.4, 0.5) is 0 Å². The summed E-state index contributed by atoms with van der Waals surface area (Å²) in [5.41, 5.74) is 0. The number of unbranched alkanes of at least 4 members (excludes halogenated alkanes) is 45. The number of ether oxygens (including phenoxy) is 1. The average molecular weight is 1010 g/mol. The van der Waals surface area contributed by atoms with Crippen molar-refractivity contribution in [2.24, 2.45) is 0 Å². The quantitative estimate of drug-likeness (QED) is 0.0320. The summed E-state index contributed by atoms with van der Waals surface area (Å²) in [4.78, 5) is 24.5. The first-order chi connectivity index (χ1) is 35.5. The minimum atomic E-state index is -0.840. The summed E-state index contributed by atoms with van der Waals surface area (Å²) in [6, 6.07) is -0.623.